The highest BCUT2D eigenvalue weighted by Gasteiger charge is 2.90. The quantitative estimate of drug-likeness (QED) is 0.476. The summed E-state index contributed by atoms with van der Waals surface area (Å²) in [4.78, 5) is 0.184. The second-order valence-electron chi connectivity index (χ2n) is 6.03. The maximum absolute atomic E-state index is 13.9. The van der Waals surface area contributed by atoms with Gasteiger partial charge >= 0.3 is 35.8 Å². The van der Waals surface area contributed by atoms with Crippen molar-refractivity contribution in [1.82, 2.24) is 0 Å². The number of halogens is 13. The van der Waals surface area contributed by atoms with Crippen molar-refractivity contribution in [3.05, 3.63) is 24.3 Å². The lowest BCUT2D eigenvalue weighted by atomic mass is 9.93. The maximum Gasteiger partial charge on any atom is 0.460 e. The Balaban J connectivity index is 3.41. The number of hydrogen-bond donors (Lipinski definition) is 1. The molecule has 1 aromatic carbocycles. The van der Waals surface area contributed by atoms with E-state index in [2.05, 4.69) is 0 Å². The number of alkyl halides is 13. The second kappa shape index (κ2) is 7.55. The molecule has 0 unspecified atom stereocenters. The molecule has 0 aliphatic rings. The molecule has 174 valence electrons. The van der Waals surface area contributed by atoms with Gasteiger partial charge in [-0.25, -0.2) is 0 Å². The summed E-state index contributed by atoms with van der Waals surface area (Å²) >= 11 is 0. The summed E-state index contributed by atoms with van der Waals surface area (Å²) in [6.07, 6.45) is -7.44. The van der Waals surface area contributed by atoms with Crippen molar-refractivity contribution in [2.45, 2.75) is 42.7 Å². The lowest BCUT2D eigenvalue weighted by molar-refractivity contribution is -0.439. The molecule has 30 heavy (non-hydrogen) atoms. The molecule has 1 rings (SSSR count). The Kier molecular flexibility index (Phi) is 6.53. The van der Waals surface area contributed by atoms with E-state index in [1.54, 1.807) is 0 Å². The van der Waals surface area contributed by atoms with Gasteiger partial charge in [-0.15, -0.1) is 0 Å². The third-order valence-corrected chi connectivity index (χ3v) is 3.96. The average molecular weight is 469 g/mol. The minimum absolute atomic E-state index is 0.184. The fourth-order valence-electron chi connectivity index (χ4n) is 2.22. The molecular weight excluding hydrogens is 457 g/mol. The van der Waals surface area contributed by atoms with Gasteiger partial charge in [0.25, 0.3) is 0 Å². The van der Waals surface area contributed by atoms with E-state index >= 15 is 0 Å². The second-order valence-corrected chi connectivity index (χ2v) is 6.03. The van der Waals surface area contributed by atoms with Crippen molar-refractivity contribution in [2.75, 3.05) is 18.0 Å². The molecule has 0 fully saturated rings. The van der Waals surface area contributed by atoms with Crippen molar-refractivity contribution >= 4 is 5.69 Å². The van der Waals surface area contributed by atoms with Crippen LogP contribution in [0.1, 0.15) is 6.92 Å². The first-order chi connectivity index (χ1) is 13.2. The molecule has 0 aliphatic carbocycles. The highest BCUT2D eigenvalue weighted by molar-refractivity contribution is 5.50. The van der Waals surface area contributed by atoms with Crippen LogP contribution < -0.4 is 4.90 Å². The molecule has 0 atom stereocenters. The Hall–Kier alpha value is -2.09. The molecule has 0 radical (unpaired) electrons. The zero-order chi connectivity index (χ0) is 24.0. The molecule has 15 heteroatoms. The summed E-state index contributed by atoms with van der Waals surface area (Å²) in [6, 6.07) is 3.62. The molecule has 0 saturated carbocycles. The van der Waals surface area contributed by atoms with E-state index < -0.39 is 60.3 Å². The first-order valence-electron chi connectivity index (χ1n) is 7.67. The Labute approximate surface area is 159 Å². The highest BCUT2D eigenvalue weighted by atomic mass is 19.4. The van der Waals surface area contributed by atoms with E-state index in [1.807, 2.05) is 0 Å². The summed E-state index contributed by atoms with van der Waals surface area (Å²) in [5.41, 5.74) is -0.483. The van der Waals surface area contributed by atoms with E-state index in [0.29, 0.717) is 6.07 Å². The predicted molar refractivity (Wildman–Crippen MR) is 76.8 cm³/mol. The first-order valence-corrected chi connectivity index (χ1v) is 7.67. The Morgan fingerprint density at radius 1 is 0.733 bits per heavy atom. The fourth-order valence-corrected chi connectivity index (χ4v) is 2.22. The van der Waals surface area contributed by atoms with Crippen LogP contribution in [-0.2, 0) is 0 Å². The van der Waals surface area contributed by atoms with Crippen LogP contribution >= 0.6 is 0 Å². The first kappa shape index (κ1) is 25.9. The molecule has 0 bridgehead atoms. The SMILES string of the molecule is CCN(CC(F)(F)C(F)(F)C(F)(F)C(F)(F)C(F)(F)C(F)(F)F)c1cccc(O)c1. The number of hydrogen-bond acceptors (Lipinski definition) is 2. The van der Waals surface area contributed by atoms with Gasteiger partial charge in [-0.3, -0.25) is 0 Å². The monoisotopic (exact) mass is 469 g/mol. The molecule has 0 heterocycles. The summed E-state index contributed by atoms with van der Waals surface area (Å²) in [6.45, 7) is -2.12. The van der Waals surface area contributed by atoms with Gasteiger partial charge in [-0.05, 0) is 19.1 Å². The van der Waals surface area contributed by atoms with Crippen LogP contribution in [-0.4, -0.2) is 54.0 Å². The summed E-state index contributed by atoms with van der Waals surface area (Å²) in [5.74, 6) is -37.7. The van der Waals surface area contributed by atoms with Crippen molar-refractivity contribution < 1.29 is 62.2 Å². The lowest BCUT2D eigenvalue weighted by Crippen LogP contribution is -2.71. The van der Waals surface area contributed by atoms with Crippen molar-refractivity contribution in [3.8, 4) is 5.75 Å². The summed E-state index contributed by atoms with van der Waals surface area (Å²) in [5, 5.41) is 9.25. The van der Waals surface area contributed by atoms with Crippen molar-refractivity contribution in [2.24, 2.45) is 0 Å². The Morgan fingerprint density at radius 3 is 1.60 bits per heavy atom. The maximum atomic E-state index is 13.9. The standard InChI is InChI=1S/C15H12F13NO/c1-2-29(8-4-3-5-9(30)6-8)7-10(16,17)11(18,19)12(20,21)13(22,23)14(24,25)15(26,27)28/h3-6,30H,2,7H2,1H3. The van der Waals surface area contributed by atoms with Crippen LogP contribution in [0, 0.1) is 0 Å². The number of nitrogens with zero attached hydrogens (tertiary/aromatic N) is 1. The van der Waals surface area contributed by atoms with Gasteiger partial charge in [-0.2, -0.15) is 57.1 Å². The Morgan fingerprint density at radius 2 is 1.20 bits per heavy atom. The zero-order valence-corrected chi connectivity index (χ0v) is 14.5. The summed E-state index contributed by atoms with van der Waals surface area (Å²) < 4.78 is 170. The van der Waals surface area contributed by atoms with Gasteiger partial charge in [-0.1, -0.05) is 6.07 Å². The van der Waals surface area contributed by atoms with Crippen molar-refractivity contribution in [3.63, 3.8) is 0 Å². The van der Waals surface area contributed by atoms with Crippen LogP contribution in [0.2, 0.25) is 0 Å². The van der Waals surface area contributed by atoms with Gasteiger partial charge in [0, 0.05) is 18.3 Å². The van der Waals surface area contributed by atoms with Crippen LogP contribution in [0.15, 0.2) is 24.3 Å². The van der Waals surface area contributed by atoms with E-state index in [0.717, 1.165) is 25.1 Å². The molecule has 0 spiro atoms. The topological polar surface area (TPSA) is 23.5 Å². The van der Waals surface area contributed by atoms with E-state index in [-0.39, 0.29) is 4.90 Å². The van der Waals surface area contributed by atoms with Gasteiger partial charge in [0.1, 0.15) is 5.75 Å². The largest absolute Gasteiger partial charge is 0.508 e. The van der Waals surface area contributed by atoms with Gasteiger partial charge < -0.3 is 10.0 Å². The normalized spacial score (nSPS) is 14.7. The smallest absolute Gasteiger partial charge is 0.460 e. The average Bonchev–Trinajstić information content (AvgIpc) is 2.57. The van der Waals surface area contributed by atoms with Crippen LogP contribution in [0.5, 0.6) is 5.75 Å². The molecule has 1 aromatic rings. The number of aromatic hydroxyl groups is 1. The Bertz CT molecular complexity index is 744. The van der Waals surface area contributed by atoms with Gasteiger partial charge in [0.2, 0.25) is 0 Å². The predicted octanol–water partition coefficient (Wildman–Crippen LogP) is 5.96. The molecule has 0 saturated heterocycles. The molecule has 0 aromatic heterocycles. The van der Waals surface area contributed by atoms with Crippen LogP contribution in [0.3, 0.4) is 0 Å². The third-order valence-electron chi connectivity index (χ3n) is 3.96. The summed E-state index contributed by atoms with van der Waals surface area (Å²) in [7, 11) is 0. The number of benzene rings is 1. The van der Waals surface area contributed by atoms with E-state index in [4.69, 9.17) is 0 Å². The fraction of sp³-hybridized carbons (Fsp3) is 0.600. The number of phenolic OH excluding ortho intramolecular Hbond substituents is 1. The number of anilines is 1. The minimum atomic E-state index is -7.92. The molecule has 1 N–H and O–H groups in total. The van der Waals surface area contributed by atoms with E-state index in [9.17, 15) is 62.2 Å². The zero-order valence-electron chi connectivity index (χ0n) is 14.5. The van der Waals surface area contributed by atoms with Crippen LogP contribution in [0.4, 0.5) is 62.8 Å². The molecule has 2 nitrogen and oxygen atoms in total. The van der Waals surface area contributed by atoms with Gasteiger partial charge in [0.15, 0.2) is 0 Å². The number of phenols is 1. The van der Waals surface area contributed by atoms with Crippen molar-refractivity contribution in [1.29, 1.82) is 0 Å². The minimum Gasteiger partial charge on any atom is -0.508 e. The van der Waals surface area contributed by atoms with Gasteiger partial charge in [0.05, 0.1) is 6.54 Å². The number of rotatable bonds is 8. The highest BCUT2D eigenvalue weighted by Crippen LogP contribution is 2.60. The van der Waals surface area contributed by atoms with E-state index in [1.165, 1.54) is 0 Å². The molecular formula is C15H12F13NO. The molecule has 0 aliphatic heterocycles. The third kappa shape index (κ3) is 3.94. The lowest BCUT2D eigenvalue weighted by Gasteiger charge is -2.41. The molecule has 0 amide bonds. The van der Waals surface area contributed by atoms with Crippen LogP contribution in [0.25, 0.3) is 0 Å².